The molecule has 0 aromatic heterocycles. The van der Waals surface area contributed by atoms with Crippen LogP contribution in [0.2, 0.25) is 0 Å². The van der Waals surface area contributed by atoms with Crippen molar-refractivity contribution in [1.82, 2.24) is 15.5 Å². The first-order chi connectivity index (χ1) is 8.89. The maximum Gasteiger partial charge on any atom is 0.191 e. The van der Waals surface area contributed by atoms with Gasteiger partial charge in [-0.1, -0.05) is 0 Å². The van der Waals surface area contributed by atoms with Crippen LogP contribution in [0, 0.1) is 0 Å². The number of halogens is 1. The molecule has 0 aromatic carbocycles. The summed E-state index contributed by atoms with van der Waals surface area (Å²) in [5.74, 6) is 0.932. The first-order valence-electron chi connectivity index (χ1n) is 7.06. The van der Waals surface area contributed by atoms with Gasteiger partial charge >= 0.3 is 0 Å². The highest BCUT2D eigenvalue weighted by molar-refractivity contribution is 14.0. The summed E-state index contributed by atoms with van der Waals surface area (Å²) >= 11 is 1.99. The zero-order valence-electron chi connectivity index (χ0n) is 13.7. The lowest BCUT2D eigenvalue weighted by Gasteiger charge is -2.33. The van der Waals surface area contributed by atoms with E-state index in [0.29, 0.717) is 6.04 Å². The second-order valence-corrected chi connectivity index (χ2v) is 7.28. The van der Waals surface area contributed by atoms with Crippen molar-refractivity contribution in [2.75, 3.05) is 33.9 Å². The van der Waals surface area contributed by atoms with Crippen molar-refractivity contribution in [3.05, 3.63) is 0 Å². The van der Waals surface area contributed by atoms with E-state index in [4.69, 9.17) is 0 Å². The summed E-state index contributed by atoms with van der Waals surface area (Å²) in [6.45, 7) is 5.34. The highest BCUT2D eigenvalue weighted by Crippen LogP contribution is 2.27. The molecule has 20 heavy (non-hydrogen) atoms. The van der Waals surface area contributed by atoms with Crippen LogP contribution in [0.5, 0.6) is 0 Å². The number of nitrogens with zero attached hydrogens (tertiary/aromatic N) is 2. The van der Waals surface area contributed by atoms with E-state index in [-0.39, 0.29) is 29.5 Å². The Balaban J connectivity index is 0.00000361. The van der Waals surface area contributed by atoms with E-state index < -0.39 is 0 Å². The number of thioether (sulfide) groups is 1. The van der Waals surface area contributed by atoms with Gasteiger partial charge in [-0.15, -0.1) is 24.0 Å². The van der Waals surface area contributed by atoms with Crippen LogP contribution in [0.4, 0.5) is 0 Å². The predicted molar refractivity (Wildman–Crippen MR) is 103 cm³/mol. The first kappa shape index (κ1) is 20.3. The molecule has 1 rings (SSSR count). The average molecular weight is 414 g/mol. The van der Waals surface area contributed by atoms with Crippen molar-refractivity contribution >= 4 is 41.7 Å². The van der Waals surface area contributed by atoms with Crippen molar-refractivity contribution in [1.29, 1.82) is 0 Å². The Labute approximate surface area is 145 Å². The summed E-state index contributed by atoms with van der Waals surface area (Å²) in [4.78, 5) is 6.56. The molecule has 4 nitrogen and oxygen atoms in total. The number of nitrogens with one attached hydrogen (secondary N) is 2. The van der Waals surface area contributed by atoms with Crippen LogP contribution >= 0.6 is 35.7 Å². The van der Waals surface area contributed by atoms with Gasteiger partial charge in [0.05, 0.1) is 0 Å². The minimum absolute atomic E-state index is 0. The smallest absolute Gasteiger partial charge is 0.191 e. The molecule has 6 heteroatoms. The van der Waals surface area contributed by atoms with Crippen molar-refractivity contribution in [2.45, 2.75) is 49.9 Å². The zero-order valence-corrected chi connectivity index (χ0v) is 16.8. The third-order valence-electron chi connectivity index (χ3n) is 4.18. The molecule has 1 aliphatic carbocycles. The fraction of sp³-hybridized carbons (Fsp3) is 0.929. The maximum atomic E-state index is 4.33. The molecule has 120 valence electrons. The molecule has 1 saturated carbocycles. The van der Waals surface area contributed by atoms with Crippen LogP contribution in [-0.4, -0.2) is 61.6 Å². The van der Waals surface area contributed by atoms with Crippen LogP contribution in [0.15, 0.2) is 4.99 Å². The van der Waals surface area contributed by atoms with E-state index in [1.54, 1.807) is 0 Å². The van der Waals surface area contributed by atoms with Crippen molar-refractivity contribution < 1.29 is 0 Å². The molecule has 0 saturated heterocycles. The van der Waals surface area contributed by atoms with Gasteiger partial charge in [-0.3, -0.25) is 4.99 Å². The summed E-state index contributed by atoms with van der Waals surface area (Å²) in [6.07, 6.45) is 6.03. The topological polar surface area (TPSA) is 39.7 Å². The number of hydrogen-bond donors (Lipinski definition) is 2. The Kier molecular flexibility index (Phi) is 9.50. The number of rotatable bonds is 5. The zero-order chi connectivity index (χ0) is 14.5. The minimum atomic E-state index is 0. The van der Waals surface area contributed by atoms with Crippen molar-refractivity contribution in [3.8, 4) is 0 Å². The summed E-state index contributed by atoms with van der Waals surface area (Å²) < 4.78 is 0. The molecule has 0 aromatic rings. The van der Waals surface area contributed by atoms with E-state index in [0.717, 1.165) is 17.8 Å². The predicted octanol–water partition coefficient (Wildman–Crippen LogP) is 2.39. The van der Waals surface area contributed by atoms with E-state index in [1.807, 2.05) is 18.8 Å². The molecule has 0 bridgehead atoms. The highest BCUT2D eigenvalue weighted by atomic mass is 127. The Bertz CT molecular complexity index is 308. The van der Waals surface area contributed by atoms with Crippen LogP contribution in [-0.2, 0) is 0 Å². The third-order valence-corrected chi connectivity index (χ3v) is 5.28. The molecule has 2 N–H and O–H groups in total. The van der Waals surface area contributed by atoms with Gasteiger partial charge < -0.3 is 15.5 Å². The monoisotopic (exact) mass is 414 g/mol. The van der Waals surface area contributed by atoms with Crippen LogP contribution < -0.4 is 10.6 Å². The molecule has 1 fully saturated rings. The van der Waals surface area contributed by atoms with Crippen LogP contribution in [0.1, 0.15) is 33.1 Å². The van der Waals surface area contributed by atoms with Gasteiger partial charge in [0, 0.05) is 30.4 Å². The van der Waals surface area contributed by atoms with Gasteiger partial charge in [0.25, 0.3) is 0 Å². The van der Waals surface area contributed by atoms with Crippen LogP contribution in [0.25, 0.3) is 0 Å². The number of guanidine groups is 1. The van der Waals surface area contributed by atoms with Gasteiger partial charge in [-0.2, -0.15) is 11.8 Å². The Morgan fingerprint density at radius 3 is 2.45 bits per heavy atom. The largest absolute Gasteiger partial charge is 0.355 e. The Hall–Kier alpha value is 0.310. The lowest BCUT2D eigenvalue weighted by molar-refractivity contribution is 0.197. The van der Waals surface area contributed by atoms with Gasteiger partial charge in [0.15, 0.2) is 5.96 Å². The highest BCUT2D eigenvalue weighted by Gasteiger charge is 2.25. The fourth-order valence-electron chi connectivity index (χ4n) is 2.13. The second kappa shape index (κ2) is 9.35. The van der Waals surface area contributed by atoms with E-state index in [2.05, 4.69) is 54.7 Å². The average Bonchev–Trinajstić information content (AvgIpc) is 2.81. The molecule has 0 amide bonds. The molecular formula is C14H31IN4S. The molecular weight excluding hydrogens is 383 g/mol. The summed E-state index contributed by atoms with van der Waals surface area (Å²) in [5.41, 5.74) is 0.120. The summed E-state index contributed by atoms with van der Waals surface area (Å²) in [6, 6.07) is 0.575. The number of hydrogen-bond acceptors (Lipinski definition) is 3. The third kappa shape index (κ3) is 6.39. The normalized spacial score (nSPS) is 23.6. The number of aliphatic imine (C=N–C) groups is 1. The lowest BCUT2D eigenvalue weighted by Crippen LogP contribution is -2.52. The molecule has 0 aliphatic heterocycles. The molecule has 2 atom stereocenters. The minimum Gasteiger partial charge on any atom is -0.355 e. The van der Waals surface area contributed by atoms with E-state index in [9.17, 15) is 0 Å². The molecule has 1 aliphatic rings. The summed E-state index contributed by atoms with van der Waals surface area (Å²) in [5, 5.41) is 7.80. The summed E-state index contributed by atoms with van der Waals surface area (Å²) in [7, 11) is 6.06. The standard InChI is InChI=1S/C14H30N4S.HI/c1-14(2,18(4)5)10-16-13(15-3)17-11-7-8-12(9-11)19-6;/h11-12H,7-10H2,1-6H3,(H2,15,16,17);1H. The molecule has 0 heterocycles. The molecule has 2 unspecified atom stereocenters. The van der Waals surface area contributed by atoms with Crippen molar-refractivity contribution in [2.24, 2.45) is 4.99 Å². The maximum absolute atomic E-state index is 4.33. The van der Waals surface area contributed by atoms with Gasteiger partial charge in [0.2, 0.25) is 0 Å². The van der Waals surface area contributed by atoms with E-state index >= 15 is 0 Å². The Morgan fingerprint density at radius 1 is 1.35 bits per heavy atom. The Morgan fingerprint density at radius 2 is 2.00 bits per heavy atom. The SMILES string of the molecule is CN=C(NCC(C)(C)N(C)C)NC1CCC(SC)C1.I. The van der Waals surface area contributed by atoms with Gasteiger partial charge in [0.1, 0.15) is 0 Å². The van der Waals surface area contributed by atoms with Crippen LogP contribution in [0.3, 0.4) is 0 Å². The molecule has 0 spiro atoms. The first-order valence-corrected chi connectivity index (χ1v) is 8.35. The quantitative estimate of drug-likeness (QED) is 0.412. The number of likely N-dealkylation sites (N-methyl/N-ethyl adjacent to an activating group) is 1. The fourth-order valence-corrected chi connectivity index (χ4v) is 2.93. The van der Waals surface area contributed by atoms with E-state index in [1.165, 1.54) is 19.3 Å². The second-order valence-electron chi connectivity index (χ2n) is 6.14. The molecule has 0 radical (unpaired) electrons. The van der Waals surface area contributed by atoms with Gasteiger partial charge in [-0.05, 0) is 53.5 Å². The van der Waals surface area contributed by atoms with Crippen molar-refractivity contribution in [3.63, 3.8) is 0 Å². The lowest BCUT2D eigenvalue weighted by atomic mass is 10.0. The van der Waals surface area contributed by atoms with Gasteiger partial charge in [-0.25, -0.2) is 0 Å².